The molecule has 0 spiro atoms. The molecule has 0 bridgehead atoms. The molecule has 0 radical (unpaired) electrons. The van der Waals surface area contributed by atoms with Crippen molar-refractivity contribution in [3.63, 3.8) is 0 Å². The van der Waals surface area contributed by atoms with Crippen LogP contribution in [-0.4, -0.2) is 30.7 Å². The first-order valence-corrected chi connectivity index (χ1v) is 7.94. The van der Waals surface area contributed by atoms with Crippen molar-refractivity contribution in [3.8, 4) is 0 Å². The number of nitrogens with one attached hydrogen (secondary N) is 3. The van der Waals surface area contributed by atoms with Crippen LogP contribution in [0, 0.1) is 20.2 Å². The van der Waals surface area contributed by atoms with Crippen LogP contribution in [0.4, 0.5) is 28.8 Å². The van der Waals surface area contributed by atoms with Gasteiger partial charge in [0.25, 0.3) is 11.6 Å². The molecule has 3 N–H and O–H groups in total. The molecule has 2 heterocycles. The van der Waals surface area contributed by atoms with Gasteiger partial charge >= 0.3 is 5.69 Å². The van der Waals surface area contributed by atoms with Crippen LogP contribution in [0.1, 0.15) is 10.4 Å². The zero-order chi connectivity index (χ0) is 20.8. The molecule has 0 aliphatic rings. The Labute approximate surface area is 162 Å². The van der Waals surface area contributed by atoms with E-state index >= 15 is 0 Å². The molecular weight excluding hydrogens is 384 g/mol. The van der Waals surface area contributed by atoms with Gasteiger partial charge in [-0.25, -0.2) is 15.0 Å². The summed E-state index contributed by atoms with van der Waals surface area (Å²) in [5.41, 5.74) is 3.74. The van der Waals surface area contributed by atoms with Gasteiger partial charge in [-0.05, 0) is 18.2 Å². The van der Waals surface area contributed by atoms with Crippen LogP contribution >= 0.6 is 0 Å². The lowest BCUT2D eigenvalue weighted by Crippen LogP contribution is -2.30. The summed E-state index contributed by atoms with van der Waals surface area (Å²) in [6.07, 6.45) is 2.55. The Hall–Kier alpha value is -4.68. The van der Waals surface area contributed by atoms with Gasteiger partial charge in [0.15, 0.2) is 0 Å². The average molecular weight is 396 g/mol. The van der Waals surface area contributed by atoms with Crippen LogP contribution in [-0.2, 0) is 0 Å². The molecule has 0 fully saturated rings. The lowest BCUT2D eigenvalue weighted by Gasteiger charge is -2.10. The summed E-state index contributed by atoms with van der Waals surface area (Å²) in [6, 6.07) is 9.94. The molecule has 0 atom stereocenters. The van der Waals surface area contributed by atoms with Gasteiger partial charge in [-0.3, -0.25) is 35.9 Å². The number of anilines is 3. The molecule has 0 aliphatic carbocycles. The molecule has 0 saturated carbocycles. The van der Waals surface area contributed by atoms with Crippen LogP contribution in [0.15, 0.2) is 55.0 Å². The third-order valence-corrected chi connectivity index (χ3v) is 3.53. The fourth-order valence-corrected chi connectivity index (χ4v) is 2.24. The highest BCUT2D eigenvalue weighted by atomic mass is 16.6. The highest BCUT2D eigenvalue weighted by Crippen LogP contribution is 2.30. The van der Waals surface area contributed by atoms with Crippen molar-refractivity contribution >= 4 is 34.7 Å². The van der Waals surface area contributed by atoms with E-state index in [0.29, 0.717) is 5.82 Å². The molecule has 13 heteroatoms. The molecule has 0 aliphatic heterocycles. The van der Waals surface area contributed by atoms with Crippen molar-refractivity contribution < 1.29 is 14.6 Å². The first-order chi connectivity index (χ1) is 14.0. The summed E-state index contributed by atoms with van der Waals surface area (Å²) in [4.78, 5) is 44.8. The number of nitro benzene ring substituents is 1. The molecule has 2 aromatic heterocycles. The van der Waals surface area contributed by atoms with Gasteiger partial charge in [-0.1, -0.05) is 12.1 Å². The highest BCUT2D eigenvalue weighted by molar-refractivity contribution is 5.95. The van der Waals surface area contributed by atoms with Gasteiger partial charge < -0.3 is 5.32 Å². The number of hydrogen-bond acceptors (Lipinski definition) is 10. The van der Waals surface area contributed by atoms with E-state index in [-0.39, 0.29) is 22.9 Å². The second-order valence-corrected chi connectivity index (χ2v) is 5.40. The number of benzene rings is 1. The minimum atomic E-state index is -0.749. The maximum absolute atomic E-state index is 12.2. The normalized spacial score (nSPS) is 10.1. The van der Waals surface area contributed by atoms with Gasteiger partial charge in [0.05, 0.1) is 9.85 Å². The average Bonchev–Trinajstić information content (AvgIpc) is 2.72. The molecule has 0 saturated heterocycles. The van der Waals surface area contributed by atoms with E-state index in [9.17, 15) is 25.0 Å². The Morgan fingerprint density at radius 2 is 1.72 bits per heavy atom. The second-order valence-electron chi connectivity index (χ2n) is 5.40. The predicted molar refractivity (Wildman–Crippen MR) is 100 cm³/mol. The number of non-ortho nitro benzene ring substituents is 1. The van der Waals surface area contributed by atoms with E-state index in [2.05, 4.69) is 31.1 Å². The van der Waals surface area contributed by atoms with Crippen molar-refractivity contribution in [2.45, 2.75) is 0 Å². The number of nitrogens with zero attached hydrogens (tertiary/aromatic N) is 5. The van der Waals surface area contributed by atoms with Gasteiger partial charge in [0.1, 0.15) is 12.1 Å². The summed E-state index contributed by atoms with van der Waals surface area (Å²) in [7, 11) is 0. The van der Waals surface area contributed by atoms with Crippen molar-refractivity contribution in [1.29, 1.82) is 0 Å². The van der Waals surface area contributed by atoms with Gasteiger partial charge in [0.2, 0.25) is 11.6 Å². The zero-order valence-corrected chi connectivity index (χ0v) is 14.5. The number of hydrazine groups is 1. The van der Waals surface area contributed by atoms with Crippen molar-refractivity contribution in [2.24, 2.45) is 0 Å². The number of carbonyl (C=O) groups is 1. The molecule has 1 amide bonds. The second kappa shape index (κ2) is 8.34. The van der Waals surface area contributed by atoms with Crippen molar-refractivity contribution in [1.82, 2.24) is 20.4 Å². The Balaban J connectivity index is 1.81. The van der Waals surface area contributed by atoms with Crippen LogP contribution in [0.3, 0.4) is 0 Å². The predicted octanol–water partition coefficient (Wildman–Crippen LogP) is 2.19. The van der Waals surface area contributed by atoms with Crippen LogP contribution in [0.2, 0.25) is 0 Å². The van der Waals surface area contributed by atoms with E-state index in [1.807, 2.05) is 0 Å². The summed E-state index contributed by atoms with van der Waals surface area (Å²) >= 11 is 0. The fourth-order valence-electron chi connectivity index (χ4n) is 2.24. The quantitative estimate of drug-likeness (QED) is 0.396. The Morgan fingerprint density at radius 3 is 2.41 bits per heavy atom. The van der Waals surface area contributed by atoms with Gasteiger partial charge in [0, 0.05) is 23.9 Å². The first kappa shape index (κ1) is 19.1. The maximum atomic E-state index is 12.2. The van der Waals surface area contributed by atoms with Crippen LogP contribution < -0.4 is 16.2 Å². The summed E-state index contributed by atoms with van der Waals surface area (Å²) in [5.74, 6) is -0.861. The molecule has 13 nitrogen and oxygen atoms in total. The largest absolute Gasteiger partial charge is 0.355 e. The fraction of sp³-hybridized carbons (Fsp3) is 0. The van der Waals surface area contributed by atoms with E-state index in [4.69, 9.17) is 0 Å². The molecule has 0 unspecified atom stereocenters. The minimum Gasteiger partial charge on any atom is -0.319 e. The smallest absolute Gasteiger partial charge is 0.319 e. The lowest BCUT2D eigenvalue weighted by molar-refractivity contribution is -0.384. The monoisotopic (exact) mass is 396 g/mol. The van der Waals surface area contributed by atoms with E-state index in [1.165, 1.54) is 24.4 Å². The standard InChI is InChI=1S/C16H12N8O5/c25-16(10-4-3-5-11(8-10)23(26)27)22-21-15-13(24(28)29)14(18-9-19-15)20-12-6-1-2-7-17-12/h1-9H,(H,22,25)(H2,17,18,19,20,21). The third-order valence-electron chi connectivity index (χ3n) is 3.53. The van der Waals surface area contributed by atoms with Gasteiger partial charge in [-0.2, -0.15) is 0 Å². The lowest BCUT2D eigenvalue weighted by atomic mass is 10.2. The number of aromatic nitrogens is 3. The number of amides is 1. The van der Waals surface area contributed by atoms with E-state index in [0.717, 1.165) is 12.4 Å². The molecule has 29 heavy (non-hydrogen) atoms. The Kier molecular flexibility index (Phi) is 5.49. The van der Waals surface area contributed by atoms with E-state index in [1.54, 1.807) is 18.2 Å². The minimum absolute atomic E-state index is 0.0183. The number of pyridine rings is 1. The molecule has 3 aromatic rings. The highest BCUT2D eigenvalue weighted by Gasteiger charge is 2.24. The van der Waals surface area contributed by atoms with E-state index < -0.39 is 21.4 Å². The Morgan fingerprint density at radius 1 is 0.931 bits per heavy atom. The Bertz CT molecular complexity index is 1080. The number of hydrogen-bond donors (Lipinski definition) is 3. The molecule has 146 valence electrons. The summed E-state index contributed by atoms with van der Waals surface area (Å²) < 4.78 is 0. The maximum Gasteiger partial charge on any atom is 0.355 e. The van der Waals surface area contributed by atoms with Crippen molar-refractivity contribution in [3.05, 3.63) is 80.8 Å². The number of nitro groups is 2. The molecule has 3 rings (SSSR count). The van der Waals surface area contributed by atoms with Crippen molar-refractivity contribution in [2.75, 3.05) is 10.7 Å². The number of rotatable bonds is 7. The SMILES string of the molecule is O=C(NNc1ncnc(Nc2ccccn2)c1[N+](=O)[O-])c1cccc([N+](=O)[O-])c1. The van der Waals surface area contributed by atoms with Gasteiger partial charge in [-0.15, -0.1) is 0 Å². The molecular formula is C16H12N8O5. The number of carbonyl (C=O) groups excluding carboxylic acids is 1. The van der Waals surface area contributed by atoms with Crippen LogP contribution in [0.25, 0.3) is 0 Å². The summed E-state index contributed by atoms with van der Waals surface area (Å²) in [6.45, 7) is 0. The molecule has 1 aromatic carbocycles. The zero-order valence-electron chi connectivity index (χ0n) is 14.5. The topological polar surface area (TPSA) is 178 Å². The van der Waals surface area contributed by atoms with Crippen LogP contribution in [0.5, 0.6) is 0 Å². The first-order valence-electron chi connectivity index (χ1n) is 7.94. The summed E-state index contributed by atoms with van der Waals surface area (Å²) in [5, 5.41) is 25.0. The third kappa shape index (κ3) is 4.54.